The van der Waals surface area contributed by atoms with Crippen LogP contribution in [-0.2, 0) is 19.4 Å². The van der Waals surface area contributed by atoms with Gasteiger partial charge in [-0.25, -0.2) is 8.42 Å². The lowest BCUT2D eigenvalue weighted by molar-refractivity contribution is -0.149. The number of nitrogens with one attached hydrogen (secondary N) is 1. The van der Waals surface area contributed by atoms with E-state index in [9.17, 15) is 23.1 Å². The van der Waals surface area contributed by atoms with Crippen LogP contribution in [0.2, 0.25) is 0 Å². The van der Waals surface area contributed by atoms with Crippen LogP contribution >= 0.6 is 0 Å². The fourth-order valence-corrected chi connectivity index (χ4v) is 5.33. The van der Waals surface area contributed by atoms with Gasteiger partial charge in [0.25, 0.3) is 0 Å². The molecule has 2 N–H and O–H groups in total. The van der Waals surface area contributed by atoms with Crippen LogP contribution in [0.4, 0.5) is 0 Å². The summed E-state index contributed by atoms with van der Waals surface area (Å²) in [6.45, 7) is 1.72. The summed E-state index contributed by atoms with van der Waals surface area (Å²) < 4.78 is 23.1. The maximum Gasteiger partial charge on any atom is 0.307 e. The smallest absolute Gasteiger partial charge is 0.307 e. The first-order valence-corrected chi connectivity index (χ1v) is 8.80. The number of carboxylic acid groups (broad SMARTS) is 1. The minimum atomic E-state index is -3.09. The van der Waals surface area contributed by atoms with E-state index in [1.54, 1.807) is 6.92 Å². The molecule has 0 spiro atoms. The summed E-state index contributed by atoms with van der Waals surface area (Å²) in [5.74, 6) is -2.41. The van der Waals surface area contributed by atoms with Gasteiger partial charge in [0.2, 0.25) is 5.91 Å². The van der Waals surface area contributed by atoms with Gasteiger partial charge in [-0.15, -0.1) is 0 Å². The molecule has 0 aromatic heterocycles. The van der Waals surface area contributed by atoms with Crippen LogP contribution in [0.1, 0.15) is 39.0 Å². The highest BCUT2D eigenvalue weighted by molar-refractivity contribution is 7.91. The molecule has 1 amide bonds. The summed E-state index contributed by atoms with van der Waals surface area (Å²) in [5, 5.41) is 12.0. The molecular formula is C13H21NO5S. The first-order valence-electron chi connectivity index (χ1n) is 6.98. The fraction of sp³-hybridized carbons (Fsp3) is 0.846. The van der Waals surface area contributed by atoms with Crippen molar-refractivity contribution in [3.05, 3.63) is 0 Å². The predicted octanol–water partition coefficient (Wildman–Crippen LogP) is 0.571. The summed E-state index contributed by atoms with van der Waals surface area (Å²) in [6, 6.07) is 0. The quantitative estimate of drug-likeness (QED) is 0.794. The maximum atomic E-state index is 12.3. The number of hydrogen-bond acceptors (Lipinski definition) is 4. The summed E-state index contributed by atoms with van der Waals surface area (Å²) in [5.41, 5.74) is -0.754. The van der Waals surface area contributed by atoms with Crippen LogP contribution in [0.3, 0.4) is 0 Å². The van der Waals surface area contributed by atoms with E-state index in [-0.39, 0.29) is 17.4 Å². The van der Waals surface area contributed by atoms with Gasteiger partial charge in [0, 0.05) is 0 Å². The van der Waals surface area contributed by atoms with Crippen molar-refractivity contribution in [1.29, 1.82) is 0 Å². The van der Waals surface area contributed by atoms with Crippen LogP contribution in [0.25, 0.3) is 0 Å². The number of carbonyl (C=O) groups is 2. The minimum Gasteiger partial charge on any atom is -0.481 e. The van der Waals surface area contributed by atoms with E-state index in [1.165, 1.54) is 0 Å². The van der Waals surface area contributed by atoms with E-state index < -0.39 is 33.2 Å². The Morgan fingerprint density at radius 1 is 1.20 bits per heavy atom. The zero-order valence-corrected chi connectivity index (χ0v) is 12.4. The minimum absolute atomic E-state index is 0.0593. The highest BCUT2D eigenvalue weighted by Crippen LogP contribution is 2.32. The van der Waals surface area contributed by atoms with E-state index in [2.05, 4.69) is 5.32 Å². The Balaban J connectivity index is 2.05. The Labute approximate surface area is 118 Å². The third kappa shape index (κ3) is 3.31. The van der Waals surface area contributed by atoms with E-state index in [4.69, 9.17) is 0 Å². The Morgan fingerprint density at radius 3 is 2.30 bits per heavy atom. The topological polar surface area (TPSA) is 101 Å². The molecule has 0 radical (unpaired) electrons. The highest BCUT2D eigenvalue weighted by Gasteiger charge is 2.43. The first-order chi connectivity index (χ1) is 9.22. The van der Waals surface area contributed by atoms with Gasteiger partial charge in [0.1, 0.15) is 0 Å². The van der Waals surface area contributed by atoms with Crippen molar-refractivity contribution in [3.63, 3.8) is 0 Å². The lowest BCUT2D eigenvalue weighted by Gasteiger charge is -2.32. The molecule has 2 rings (SSSR count). The number of amides is 1. The largest absolute Gasteiger partial charge is 0.481 e. The molecule has 2 aliphatic rings. The molecule has 1 saturated carbocycles. The zero-order valence-electron chi connectivity index (χ0n) is 11.6. The molecule has 0 bridgehead atoms. The Morgan fingerprint density at radius 2 is 1.80 bits per heavy atom. The zero-order chi connectivity index (χ0) is 15.0. The molecule has 1 heterocycles. The van der Waals surface area contributed by atoms with Crippen molar-refractivity contribution in [1.82, 2.24) is 5.32 Å². The van der Waals surface area contributed by atoms with Crippen LogP contribution in [0.15, 0.2) is 0 Å². The molecule has 0 aromatic carbocycles. The normalized spacial score (nSPS) is 36.5. The molecule has 6 nitrogen and oxygen atoms in total. The molecule has 2 fully saturated rings. The van der Waals surface area contributed by atoms with E-state index in [1.807, 2.05) is 0 Å². The third-order valence-electron chi connectivity index (χ3n) is 4.35. The first kappa shape index (κ1) is 15.3. The lowest BCUT2D eigenvalue weighted by Crippen LogP contribution is -2.51. The van der Waals surface area contributed by atoms with Crippen molar-refractivity contribution in [2.75, 3.05) is 11.5 Å². The van der Waals surface area contributed by atoms with Crippen LogP contribution < -0.4 is 5.32 Å². The second-order valence-electron chi connectivity index (χ2n) is 6.23. The molecule has 114 valence electrons. The number of carbonyl (C=O) groups excluding carboxylic acids is 1. The Hall–Kier alpha value is -1.11. The third-order valence-corrected chi connectivity index (χ3v) is 6.25. The average Bonchev–Trinajstić information content (AvgIpc) is 2.63. The summed E-state index contributed by atoms with van der Waals surface area (Å²) >= 11 is 0. The maximum absolute atomic E-state index is 12.3. The van der Waals surface area contributed by atoms with Gasteiger partial charge in [0.05, 0.1) is 28.9 Å². The Bertz CT molecular complexity index is 515. The summed E-state index contributed by atoms with van der Waals surface area (Å²) in [4.78, 5) is 23.5. The van der Waals surface area contributed by atoms with Gasteiger partial charge in [-0.2, -0.15) is 0 Å². The molecule has 1 aliphatic carbocycles. The van der Waals surface area contributed by atoms with Crippen LogP contribution in [0, 0.1) is 11.8 Å². The van der Waals surface area contributed by atoms with Crippen molar-refractivity contribution in [3.8, 4) is 0 Å². The van der Waals surface area contributed by atoms with E-state index in [0.717, 1.165) is 12.8 Å². The Kier molecular flexibility index (Phi) is 4.09. The second-order valence-corrected chi connectivity index (χ2v) is 8.41. The fourth-order valence-electron chi connectivity index (χ4n) is 3.24. The van der Waals surface area contributed by atoms with Crippen molar-refractivity contribution < 1.29 is 23.1 Å². The van der Waals surface area contributed by atoms with Crippen molar-refractivity contribution in [2.24, 2.45) is 11.8 Å². The number of aliphatic carboxylic acids is 1. The molecule has 1 aliphatic heterocycles. The predicted molar refractivity (Wildman–Crippen MR) is 72.9 cm³/mol. The van der Waals surface area contributed by atoms with Gasteiger partial charge in [-0.05, 0) is 26.2 Å². The van der Waals surface area contributed by atoms with E-state index >= 15 is 0 Å². The summed E-state index contributed by atoms with van der Waals surface area (Å²) in [6.07, 6.45) is 3.14. The van der Waals surface area contributed by atoms with E-state index in [0.29, 0.717) is 19.3 Å². The number of sulfone groups is 1. The average molecular weight is 303 g/mol. The van der Waals surface area contributed by atoms with Gasteiger partial charge in [-0.3, -0.25) is 9.59 Å². The lowest BCUT2D eigenvalue weighted by atomic mass is 9.78. The second kappa shape index (κ2) is 5.35. The van der Waals surface area contributed by atoms with Gasteiger partial charge >= 0.3 is 5.97 Å². The highest BCUT2D eigenvalue weighted by atomic mass is 32.2. The molecular weight excluding hydrogens is 282 g/mol. The van der Waals surface area contributed by atoms with Gasteiger partial charge < -0.3 is 10.4 Å². The van der Waals surface area contributed by atoms with Crippen LogP contribution in [0.5, 0.6) is 0 Å². The molecule has 0 aromatic rings. The number of hydrogen-bond donors (Lipinski definition) is 2. The number of rotatable bonds is 3. The van der Waals surface area contributed by atoms with Gasteiger partial charge in [-0.1, -0.05) is 12.8 Å². The van der Waals surface area contributed by atoms with Crippen LogP contribution in [-0.4, -0.2) is 42.4 Å². The molecule has 7 heteroatoms. The van der Waals surface area contributed by atoms with Crippen molar-refractivity contribution >= 4 is 21.7 Å². The monoisotopic (exact) mass is 303 g/mol. The summed E-state index contributed by atoms with van der Waals surface area (Å²) in [7, 11) is -3.09. The van der Waals surface area contributed by atoms with Crippen molar-refractivity contribution in [2.45, 2.75) is 44.6 Å². The molecule has 3 atom stereocenters. The number of carboxylic acids is 1. The van der Waals surface area contributed by atoms with Gasteiger partial charge in [0.15, 0.2) is 9.84 Å². The SMILES string of the molecule is CC1(NC(=O)[C@@H]2CCCC[C@@H]2C(=O)O)CCS(=O)(=O)C1. The standard InChI is InChI=1S/C13H21NO5S/c1-13(6-7-20(18,19)8-13)14-11(15)9-4-2-3-5-10(9)12(16)17/h9-10H,2-8H2,1H3,(H,14,15)(H,16,17)/t9-,10+,13?/m1/s1. The molecule has 1 unspecified atom stereocenters. The molecule has 1 saturated heterocycles. The molecule has 20 heavy (non-hydrogen) atoms.